The Morgan fingerprint density at radius 3 is 2.50 bits per heavy atom. The van der Waals surface area contributed by atoms with E-state index in [1.54, 1.807) is 0 Å². The molecule has 0 aromatic heterocycles. The van der Waals surface area contributed by atoms with Gasteiger partial charge in [0.2, 0.25) is 0 Å². The van der Waals surface area contributed by atoms with Gasteiger partial charge in [0.1, 0.15) is 0 Å². The predicted octanol–water partition coefficient (Wildman–Crippen LogP) is -0.120. The number of nitrogens with one attached hydrogen (secondary N) is 1. The Bertz CT molecular complexity index is 219. The molecule has 0 saturated carbocycles. The van der Waals surface area contributed by atoms with Crippen molar-refractivity contribution in [2.24, 2.45) is 5.84 Å². The predicted molar refractivity (Wildman–Crippen MR) is 46.1 cm³/mol. The minimum Gasteiger partial charge on any atom is -0.285 e. The molecule has 1 heterocycles. The average molecular weight is 189 g/mol. The summed E-state index contributed by atoms with van der Waals surface area (Å²) in [6.45, 7) is 3.72. The molecule has 68 valence electrons. The van der Waals surface area contributed by atoms with Crippen molar-refractivity contribution in [3.63, 3.8) is 0 Å². The molecule has 0 radical (unpaired) electrons. The topological polar surface area (TPSA) is 75.4 Å². The van der Waals surface area contributed by atoms with Gasteiger partial charge in [-0.2, -0.15) is 0 Å². The second-order valence-corrected chi connectivity index (χ2v) is 3.84. The van der Waals surface area contributed by atoms with Gasteiger partial charge in [0, 0.05) is 6.04 Å². The molecule has 0 aliphatic carbocycles. The van der Waals surface area contributed by atoms with Crippen molar-refractivity contribution in [3.8, 4) is 0 Å². The van der Waals surface area contributed by atoms with E-state index < -0.39 is 5.37 Å². The third-order valence-corrected chi connectivity index (χ3v) is 2.53. The summed E-state index contributed by atoms with van der Waals surface area (Å²) >= 11 is 0.911. The van der Waals surface area contributed by atoms with Crippen LogP contribution in [0.3, 0.4) is 0 Å². The van der Waals surface area contributed by atoms with E-state index in [-0.39, 0.29) is 17.2 Å². The molecule has 0 spiro atoms. The summed E-state index contributed by atoms with van der Waals surface area (Å²) in [5.41, 5.74) is 0. The second kappa shape index (κ2) is 3.42. The lowest BCUT2D eigenvalue weighted by Crippen LogP contribution is -2.47. The van der Waals surface area contributed by atoms with E-state index in [0.717, 1.165) is 11.8 Å². The molecule has 1 fully saturated rings. The van der Waals surface area contributed by atoms with Crippen LogP contribution in [0.2, 0.25) is 0 Å². The third-order valence-electron chi connectivity index (χ3n) is 1.54. The van der Waals surface area contributed by atoms with Crippen LogP contribution in [-0.2, 0) is 4.79 Å². The first-order chi connectivity index (χ1) is 5.52. The number of thioether (sulfide) groups is 1. The summed E-state index contributed by atoms with van der Waals surface area (Å²) in [6, 6.07) is 0.0409. The molecule has 1 atom stereocenters. The monoisotopic (exact) mass is 189 g/mol. The zero-order valence-corrected chi connectivity index (χ0v) is 7.72. The van der Waals surface area contributed by atoms with E-state index in [9.17, 15) is 9.59 Å². The van der Waals surface area contributed by atoms with Crippen molar-refractivity contribution in [2.45, 2.75) is 25.3 Å². The molecule has 0 bridgehead atoms. The van der Waals surface area contributed by atoms with E-state index in [2.05, 4.69) is 5.32 Å². The molecular weight excluding hydrogens is 178 g/mol. The molecule has 1 saturated heterocycles. The first-order valence-corrected chi connectivity index (χ1v) is 4.45. The lowest BCUT2D eigenvalue weighted by atomic mass is 10.3. The van der Waals surface area contributed by atoms with Gasteiger partial charge in [0.05, 0.1) is 0 Å². The van der Waals surface area contributed by atoms with Crippen molar-refractivity contribution in [3.05, 3.63) is 0 Å². The Balaban J connectivity index is 2.64. The SMILES string of the molecule is CC(C)N(N)C1SC(=O)NC1=O. The van der Waals surface area contributed by atoms with Crippen molar-refractivity contribution >= 4 is 22.9 Å². The zero-order valence-electron chi connectivity index (χ0n) is 6.90. The van der Waals surface area contributed by atoms with Crippen molar-refractivity contribution in [1.29, 1.82) is 0 Å². The molecule has 5 nitrogen and oxygen atoms in total. The average Bonchev–Trinajstić information content (AvgIpc) is 2.28. The molecule has 2 amide bonds. The fourth-order valence-corrected chi connectivity index (χ4v) is 1.71. The van der Waals surface area contributed by atoms with Gasteiger partial charge in [-0.1, -0.05) is 0 Å². The van der Waals surface area contributed by atoms with Gasteiger partial charge in [-0.3, -0.25) is 20.7 Å². The highest BCUT2D eigenvalue weighted by Crippen LogP contribution is 2.21. The van der Waals surface area contributed by atoms with Crippen LogP contribution in [0.1, 0.15) is 13.8 Å². The highest BCUT2D eigenvalue weighted by Gasteiger charge is 2.36. The Morgan fingerprint density at radius 1 is 1.58 bits per heavy atom. The van der Waals surface area contributed by atoms with Gasteiger partial charge >= 0.3 is 0 Å². The van der Waals surface area contributed by atoms with Crippen molar-refractivity contribution in [2.75, 3.05) is 0 Å². The maximum Gasteiger partial charge on any atom is 0.287 e. The summed E-state index contributed by atoms with van der Waals surface area (Å²) in [5.74, 6) is 5.24. The zero-order chi connectivity index (χ0) is 9.30. The number of hydrogen-bond acceptors (Lipinski definition) is 5. The van der Waals surface area contributed by atoms with Gasteiger partial charge in [-0.15, -0.1) is 0 Å². The fraction of sp³-hybridized carbons (Fsp3) is 0.667. The maximum absolute atomic E-state index is 11.1. The minimum absolute atomic E-state index is 0.0409. The largest absolute Gasteiger partial charge is 0.287 e. The number of nitrogens with zero attached hydrogens (tertiary/aromatic N) is 1. The molecule has 0 aromatic carbocycles. The Labute approximate surface area is 74.6 Å². The van der Waals surface area contributed by atoms with E-state index in [4.69, 9.17) is 5.84 Å². The van der Waals surface area contributed by atoms with Crippen molar-refractivity contribution in [1.82, 2.24) is 10.3 Å². The number of carbonyl (C=O) groups is 2. The van der Waals surface area contributed by atoms with Gasteiger partial charge in [-0.05, 0) is 25.6 Å². The summed E-state index contributed by atoms with van der Waals surface area (Å²) in [5, 5.41) is 2.63. The van der Waals surface area contributed by atoms with E-state index in [0.29, 0.717) is 0 Å². The summed E-state index contributed by atoms with van der Waals surface area (Å²) in [7, 11) is 0. The van der Waals surface area contributed by atoms with Crippen LogP contribution in [0.25, 0.3) is 0 Å². The number of nitrogens with two attached hydrogens (primary N) is 1. The number of hydrazine groups is 1. The third kappa shape index (κ3) is 1.77. The summed E-state index contributed by atoms with van der Waals surface area (Å²) in [4.78, 5) is 21.8. The van der Waals surface area contributed by atoms with Gasteiger partial charge < -0.3 is 0 Å². The van der Waals surface area contributed by atoms with Crippen LogP contribution < -0.4 is 11.2 Å². The molecular formula is C6H11N3O2S. The maximum atomic E-state index is 11.1. The van der Waals surface area contributed by atoms with Crippen LogP contribution in [0, 0.1) is 0 Å². The number of amides is 2. The van der Waals surface area contributed by atoms with Crippen LogP contribution in [0.5, 0.6) is 0 Å². The lowest BCUT2D eigenvalue weighted by Gasteiger charge is -2.23. The fourth-order valence-electron chi connectivity index (χ4n) is 0.814. The molecule has 6 heteroatoms. The number of rotatable bonds is 2. The first-order valence-electron chi connectivity index (χ1n) is 3.57. The van der Waals surface area contributed by atoms with Crippen LogP contribution in [0.4, 0.5) is 4.79 Å². The highest BCUT2D eigenvalue weighted by atomic mass is 32.2. The van der Waals surface area contributed by atoms with Crippen LogP contribution >= 0.6 is 11.8 Å². The Hall–Kier alpha value is -0.590. The molecule has 1 rings (SSSR count). The second-order valence-electron chi connectivity index (χ2n) is 2.79. The van der Waals surface area contributed by atoms with Gasteiger partial charge in [-0.25, -0.2) is 5.01 Å². The van der Waals surface area contributed by atoms with Crippen LogP contribution in [-0.4, -0.2) is 27.6 Å². The Morgan fingerprint density at radius 2 is 2.17 bits per heavy atom. The minimum atomic E-state index is -0.572. The van der Waals surface area contributed by atoms with Crippen molar-refractivity contribution < 1.29 is 9.59 Å². The summed E-state index contributed by atoms with van der Waals surface area (Å²) < 4.78 is 0. The smallest absolute Gasteiger partial charge is 0.285 e. The van der Waals surface area contributed by atoms with Crippen LogP contribution in [0.15, 0.2) is 0 Å². The molecule has 1 aliphatic heterocycles. The van der Waals surface area contributed by atoms with Gasteiger partial charge in [0.25, 0.3) is 11.1 Å². The number of carbonyl (C=O) groups excluding carboxylic acids is 2. The standard InChI is InChI=1S/C6H11N3O2S/c1-3(2)9(7)5-4(10)8-6(11)12-5/h3,5H,7H2,1-2H3,(H,8,10,11). The number of imide groups is 1. The van der Waals surface area contributed by atoms with Gasteiger partial charge in [0.15, 0.2) is 5.37 Å². The molecule has 1 aliphatic rings. The summed E-state index contributed by atoms with van der Waals surface area (Å²) in [6.07, 6.45) is 0. The lowest BCUT2D eigenvalue weighted by molar-refractivity contribution is -0.122. The van der Waals surface area contributed by atoms with E-state index >= 15 is 0 Å². The van der Waals surface area contributed by atoms with E-state index in [1.807, 2.05) is 13.8 Å². The van der Waals surface area contributed by atoms with E-state index in [1.165, 1.54) is 5.01 Å². The molecule has 0 aromatic rings. The first kappa shape index (κ1) is 9.50. The Kier molecular flexibility index (Phi) is 2.71. The number of hydrogen-bond donors (Lipinski definition) is 2. The molecule has 3 N–H and O–H groups in total. The molecule has 1 unspecified atom stereocenters. The highest BCUT2D eigenvalue weighted by molar-refractivity contribution is 8.15. The normalized spacial score (nSPS) is 23.9. The molecule has 12 heavy (non-hydrogen) atoms. The quantitative estimate of drug-likeness (QED) is 0.468.